The van der Waals surface area contributed by atoms with E-state index in [1.165, 1.54) is 12.8 Å². The van der Waals surface area contributed by atoms with E-state index in [9.17, 15) is 0 Å². The third kappa shape index (κ3) is 4.79. The molecule has 2 rings (SSSR count). The zero-order valence-corrected chi connectivity index (χ0v) is 16.3. The number of hydrogen-bond acceptors (Lipinski definition) is 2. The molecular weight excluding hydrogens is 296 g/mol. The molecule has 0 radical (unpaired) electrons. The van der Waals surface area contributed by atoms with Crippen LogP contribution in [-0.4, -0.2) is 14.2 Å². The Balaban J connectivity index is 0.000000921. The minimum Gasteiger partial charge on any atom is -0.857 e. The van der Waals surface area contributed by atoms with E-state index in [0.717, 1.165) is 14.2 Å². The average Bonchev–Trinajstić information content (AvgIpc) is 2.87. The van der Waals surface area contributed by atoms with E-state index in [2.05, 4.69) is 41.5 Å². The molecule has 2 aliphatic rings. The maximum Gasteiger partial charge on any atom is -0.153 e. The van der Waals surface area contributed by atoms with Crippen LogP contribution in [0.5, 0.6) is 0 Å². The summed E-state index contributed by atoms with van der Waals surface area (Å²) in [6.45, 7) is 13.9. The van der Waals surface area contributed by atoms with Crippen LogP contribution in [0.3, 0.4) is 0 Å². The summed E-state index contributed by atoms with van der Waals surface area (Å²) in [6, 6.07) is 0. The Labute approximate surface area is 139 Å². The van der Waals surface area contributed by atoms with Crippen LogP contribution in [-0.2, 0) is 19.2 Å². The third-order valence-electron chi connectivity index (χ3n) is 4.19. The average molecular weight is 324 g/mol. The number of allylic oxidation sites excluding steroid dienone is 8. The topological polar surface area (TPSA) is 46.1 Å². The van der Waals surface area contributed by atoms with E-state index in [1.807, 2.05) is 0 Å². The Morgan fingerprint density at radius 2 is 0.857 bits per heavy atom. The van der Waals surface area contributed by atoms with Gasteiger partial charge in [-0.15, -0.1) is 0 Å². The molecule has 2 aliphatic carbocycles. The van der Waals surface area contributed by atoms with Gasteiger partial charge in [0.15, 0.2) is 0 Å². The van der Waals surface area contributed by atoms with E-state index in [1.54, 1.807) is 41.2 Å². The van der Waals surface area contributed by atoms with Crippen LogP contribution in [0.1, 0.15) is 54.4 Å². The first-order valence-electron chi connectivity index (χ1n) is 7.23. The molecule has 0 N–H and O–H groups in total. The molecule has 0 unspecified atom stereocenters. The first kappa shape index (κ1) is 20.6. The van der Waals surface area contributed by atoms with Crippen molar-refractivity contribution in [1.29, 1.82) is 0 Å². The second kappa shape index (κ2) is 9.58. The summed E-state index contributed by atoms with van der Waals surface area (Å²) in [5, 5.41) is 16.5. The molecule has 0 bridgehead atoms. The van der Waals surface area contributed by atoms with Crippen LogP contribution < -0.4 is 10.2 Å². The Bertz CT molecular complexity index is 459. The second-order valence-electron chi connectivity index (χ2n) is 5.60. The fraction of sp³-hybridized carbons (Fsp3) is 0.556. The Kier molecular flexibility index (Phi) is 9.39. The Hall–Kier alpha value is -0.406. The first-order chi connectivity index (χ1) is 9.91. The maximum absolute atomic E-state index is 8.25. The fourth-order valence-electron chi connectivity index (χ4n) is 2.83. The maximum atomic E-state index is 8.25. The fourth-order valence-corrected chi connectivity index (χ4v) is 5.42. The van der Waals surface area contributed by atoms with Crippen molar-refractivity contribution in [3.05, 3.63) is 41.2 Å². The number of rotatable bonds is 2. The predicted octanol–water partition coefficient (Wildman–Crippen LogP) is 3.05. The molecule has 3 heteroatoms. The van der Waals surface area contributed by atoms with Gasteiger partial charge in [0.1, 0.15) is 0 Å². The molecule has 0 amide bonds. The zero-order chi connectivity index (χ0) is 16.7. The summed E-state index contributed by atoms with van der Waals surface area (Å²) in [4.78, 5) is 0. The van der Waals surface area contributed by atoms with E-state index in [4.69, 9.17) is 10.2 Å². The van der Waals surface area contributed by atoms with Gasteiger partial charge < -0.3 is 10.2 Å². The summed E-state index contributed by atoms with van der Waals surface area (Å²) in [5.41, 5.74) is 9.65. The molecule has 0 fully saturated rings. The summed E-state index contributed by atoms with van der Waals surface area (Å²) >= 11 is -0.105. The minimum atomic E-state index is -0.105. The molecule has 116 valence electrons. The van der Waals surface area contributed by atoms with Crippen LogP contribution in [0.15, 0.2) is 41.2 Å². The summed E-state index contributed by atoms with van der Waals surface area (Å²) in [6.07, 6.45) is 2.44. The van der Waals surface area contributed by atoms with Crippen molar-refractivity contribution in [2.45, 2.75) is 54.4 Å². The van der Waals surface area contributed by atoms with Gasteiger partial charge in [-0.1, -0.05) is 0 Å². The quantitative estimate of drug-likeness (QED) is 0.733. The van der Waals surface area contributed by atoms with E-state index in [0.29, 0.717) is 0 Å². The molecule has 0 saturated heterocycles. The molecular formula is C18H28O2Ti. The molecule has 0 aliphatic heterocycles. The van der Waals surface area contributed by atoms with Crippen LogP contribution in [0.25, 0.3) is 0 Å². The van der Waals surface area contributed by atoms with Crippen LogP contribution in [0.2, 0.25) is 0 Å². The van der Waals surface area contributed by atoms with Gasteiger partial charge in [-0.25, -0.2) is 0 Å². The summed E-state index contributed by atoms with van der Waals surface area (Å²) in [5.74, 6) is 0. The molecule has 0 heterocycles. The van der Waals surface area contributed by atoms with Gasteiger partial charge in [-0.2, -0.15) is 14.2 Å². The van der Waals surface area contributed by atoms with E-state index >= 15 is 0 Å². The minimum absolute atomic E-state index is 0.105. The first-order valence-corrected chi connectivity index (χ1v) is 8.79. The van der Waals surface area contributed by atoms with Crippen molar-refractivity contribution in [3.63, 3.8) is 0 Å². The van der Waals surface area contributed by atoms with E-state index in [-0.39, 0.29) is 19.2 Å². The van der Waals surface area contributed by atoms with Crippen molar-refractivity contribution < 1.29 is 29.4 Å². The molecule has 21 heavy (non-hydrogen) atoms. The van der Waals surface area contributed by atoms with Gasteiger partial charge in [-0.05, 0) is 0 Å². The Morgan fingerprint density at radius 1 is 0.571 bits per heavy atom. The predicted molar refractivity (Wildman–Crippen MR) is 83.2 cm³/mol. The van der Waals surface area contributed by atoms with Gasteiger partial charge in [0, 0.05) is 0 Å². The molecule has 0 saturated carbocycles. The molecule has 0 aromatic carbocycles. The SMILES string of the molecule is CC1=C(C)[C]([Ti+2][C]2=C(C)CC(C)=C2C)=C(C)C1.C[O-].C[O-]. The van der Waals surface area contributed by atoms with E-state index < -0.39 is 0 Å². The van der Waals surface area contributed by atoms with Crippen molar-refractivity contribution in [2.24, 2.45) is 0 Å². The van der Waals surface area contributed by atoms with Crippen molar-refractivity contribution in [1.82, 2.24) is 0 Å². The Morgan fingerprint density at radius 3 is 1.05 bits per heavy atom. The molecule has 2 nitrogen and oxygen atoms in total. The largest absolute Gasteiger partial charge is 0.857 e. The molecule has 0 aromatic heterocycles. The smallest absolute Gasteiger partial charge is 0.153 e. The standard InChI is InChI=1S/2C8H11.2CH3O.Ti/c2*1-6-4-7(2)8(3)5-6;2*1-2;/h2*4H2,1-3H3;2*1H3;/q;;2*-1;+2. The normalized spacial score (nSPS) is 17.6. The third-order valence-corrected chi connectivity index (χ3v) is 7.48. The monoisotopic (exact) mass is 324 g/mol. The van der Waals surface area contributed by atoms with Gasteiger partial charge in [0.25, 0.3) is 0 Å². The zero-order valence-electron chi connectivity index (χ0n) is 14.7. The van der Waals surface area contributed by atoms with Crippen LogP contribution in [0.4, 0.5) is 0 Å². The van der Waals surface area contributed by atoms with Crippen LogP contribution >= 0.6 is 0 Å². The number of hydrogen-bond donors (Lipinski definition) is 0. The van der Waals surface area contributed by atoms with Crippen molar-refractivity contribution in [2.75, 3.05) is 14.2 Å². The molecule has 0 aromatic rings. The van der Waals surface area contributed by atoms with Gasteiger partial charge in [0.05, 0.1) is 0 Å². The van der Waals surface area contributed by atoms with Gasteiger partial charge in [0.2, 0.25) is 0 Å². The van der Waals surface area contributed by atoms with Gasteiger partial charge >= 0.3 is 115 Å². The van der Waals surface area contributed by atoms with Crippen molar-refractivity contribution in [3.8, 4) is 0 Å². The van der Waals surface area contributed by atoms with Gasteiger partial charge in [-0.3, -0.25) is 0 Å². The van der Waals surface area contributed by atoms with Crippen LogP contribution in [0, 0.1) is 0 Å². The molecule has 0 atom stereocenters. The second-order valence-corrected chi connectivity index (χ2v) is 7.55. The summed E-state index contributed by atoms with van der Waals surface area (Å²) in [7, 11) is 1.50. The summed E-state index contributed by atoms with van der Waals surface area (Å²) < 4.78 is 3.46. The van der Waals surface area contributed by atoms with Crippen molar-refractivity contribution >= 4 is 0 Å². The molecule has 0 spiro atoms.